The number of hydrogen-bond acceptors (Lipinski definition) is 3. The highest BCUT2D eigenvalue weighted by atomic mass is 15.2. The Morgan fingerprint density at radius 3 is 2.07 bits per heavy atom. The Bertz CT molecular complexity index is 1760. The van der Waals surface area contributed by atoms with Crippen LogP contribution in [0.2, 0.25) is 0 Å². The summed E-state index contributed by atoms with van der Waals surface area (Å²) >= 11 is 0. The van der Waals surface area contributed by atoms with Crippen molar-refractivity contribution in [1.82, 2.24) is 0 Å². The van der Waals surface area contributed by atoms with Crippen LogP contribution in [-0.4, -0.2) is 0 Å². The van der Waals surface area contributed by atoms with Crippen LogP contribution in [0, 0.1) is 18.3 Å². The van der Waals surface area contributed by atoms with Gasteiger partial charge in [0.15, 0.2) is 0 Å². The summed E-state index contributed by atoms with van der Waals surface area (Å²) in [5.74, 6) is 0.561. The lowest BCUT2D eigenvalue weighted by Crippen LogP contribution is -2.24. The summed E-state index contributed by atoms with van der Waals surface area (Å²) in [6.45, 7) is 4.51. The van der Waals surface area contributed by atoms with Crippen LogP contribution in [0.5, 0.6) is 0 Å². The monoisotopic (exact) mass is 559 g/mol. The second-order valence-corrected chi connectivity index (χ2v) is 11.9. The van der Waals surface area contributed by atoms with Gasteiger partial charge in [-0.05, 0) is 122 Å². The van der Waals surface area contributed by atoms with Crippen molar-refractivity contribution in [3.63, 3.8) is 0 Å². The largest absolute Gasteiger partial charge is 0.356 e. The summed E-state index contributed by atoms with van der Waals surface area (Å²) in [6.07, 6.45) is 20.2. The van der Waals surface area contributed by atoms with Gasteiger partial charge in [0.1, 0.15) is 0 Å². The molecule has 0 radical (unpaired) electrons. The van der Waals surface area contributed by atoms with E-state index >= 15 is 0 Å². The van der Waals surface area contributed by atoms with Crippen LogP contribution in [0.1, 0.15) is 25.3 Å². The first kappa shape index (κ1) is 26.9. The van der Waals surface area contributed by atoms with Crippen molar-refractivity contribution in [2.75, 3.05) is 15.1 Å². The molecule has 4 aromatic carbocycles. The standard InChI is InChI=1S/C40H37N3/c1-30-12-10-17-37(28-30)42(33-13-8-5-9-14-33)35-23-19-31(20-24-35)41-32-21-25-36(26-22-32)43(34-15-6-3-4-7-16-34)39-18-11-27-40(2)29-38(39)40/h3,5-28,38,41H,4,29H2,1-2H3. The molecule has 2 atom stereocenters. The average molecular weight is 560 g/mol. The van der Waals surface area contributed by atoms with Crippen LogP contribution in [0.4, 0.5) is 34.1 Å². The van der Waals surface area contributed by atoms with E-state index in [1.54, 1.807) is 0 Å². The van der Waals surface area contributed by atoms with Crippen molar-refractivity contribution in [2.24, 2.45) is 11.3 Å². The molecule has 3 aliphatic rings. The lowest BCUT2D eigenvalue weighted by atomic mass is 9.98. The number of para-hydroxylation sites is 1. The van der Waals surface area contributed by atoms with Gasteiger partial charge in [-0.1, -0.05) is 67.6 Å². The molecule has 0 bridgehead atoms. The van der Waals surface area contributed by atoms with E-state index in [4.69, 9.17) is 0 Å². The average Bonchev–Trinajstić information content (AvgIpc) is 3.79. The third kappa shape index (κ3) is 5.59. The molecule has 3 aliphatic carbocycles. The third-order valence-electron chi connectivity index (χ3n) is 8.68. The summed E-state index contributed by atoms with van der Waals surface area (Å²) in [5.41, 5.74) is 10.8. The summed E-state index contributed by atoms with van der Waals surface area (Å²) < 4.78 is 0. The lowest BCUT2D eigenvalue weighted by molar-refractivity contribution is 0.660. The molecule has 0 amide bonds. The van der Waals surface area contributed by atoms with Crippen molar-refractivity contribution < 1.29 is 0 Å². The molecule has 3 heteroatoms. The maximum atomic E-state index is 3.61. The number of rotatable bonds is 8. The molecule has 0 saturated heterocycles. The van der Waals surface area contributed by atoms with Crippen molar-refractivity contribution in [2.45, 2.75) is 26.7 Å². The minimum Gasteiger partial charge on any atom is -0.356 e. The number of fused-ring (bicyclic) bond motifs is 1. The smallest absolute Gasteiger partial charge is 0.0464 e. The number of anilines is 6. The minimum absolute atomic E-state index is 0.288. The van der Waals surface area contributed by atoms with E-state index in [1.807, 2.05) is 0 Å². The first-order valence-electron chi connectivity index (χ1n) is 15.2. The lowest BCUT2D eigenvalue weighted by Gasteiger charge is -2.31. The quantitative estimate of drug-likeness (QED) is 0.232. The van der Waals surface area contributed by atoms with E-state index in [2.05, 4.69) is 181 Å². The fourth-order valence-electron chi connectivity index (χ4n) is 6.23. The van der Waals surface area contributed by atoms with E-state index in [1.165, 1.54) is 29.1 Å². The number of hydrogen-bond donors (Lipinski definition) is 1. The Kier molecular flexibility index (Phi) is 7.08. The highest BCUT2D eigenvalue weighted by Gasteiger charge is 2.52. The second kappa shape index (κ2) is 11.3. The molecule has 1 N–H and O–H groups in total. The van der Waals surface area contributed by atoms with Gasteiger partial charge in [0.25, 0.3) is 0 Å². The molecule has 43 heavy (non-hydrogen) atoms. The molecule has 0 spiro atoms. The van der Waals surface area contributed by atoms with Gasteiger partial charge in [-0.3, -0.25) is 0 Å². The third-order valence-corrected chi connectivity index (χ3v) is 8.68. The van der Waals surface area contributed by atoms with Gasteiger partial charge < -0.3 is 15.1 Å². The predicted molar refractivity (Wildman–Crippen MR) is 182 cm³/mol. The van der Waals surface area contributed by atoms with Gasteiger partial charge in [-0.25, -0.2) is 0 Å². The highest BCUT2D eigenvalue weighted by molar-refractivity contribution is 5.78. The SMILES string of the molecule is Cc1cccc(N(c2ccccc2)c2ccc(Nc3ccc(N(C4=CC=CCC=C4)C4=CC=CC5(C)CC45)cc3)cc2)c1. The Hall–Kier alpha value is -5.02. The van der Waals surface area contributed by atoms with Gasteiger partial charge in [0, 0.05) is 51.4 Å². The zero-order valence-corrected chi connectivity index (χ0v) is 24.8. The van der Waals surface area contributed by atoms with E-state index < -0.39 is 0 Å². The van der Waals surface area contributed by atoms with Crippen LogP contribution in [0.3, 0.4) is 0 Å². The van der Waals surface area contributed by atoms with E-state index in [-0.39, 0.29) is 5.41 Å². The van der Waals surface area contributed by atoms with Crippen LogP contribution in [0.15, 0.2) is 163 Å². The number of nitrogens with zero attached hydrogens (tertiary/aromatic N) is 2. The van der Waals surface area contributed by atoms with E-state index in [0.29, 0.717) is 5.92 Å². The fourth-order valence-corrected chi connectivity index (χ4v) is 6.23. The van der Waals surface area contributed by atoms with Crippen molar-refractivity contribution >= 4 is 34.1 Å². The zero-order chi connectivity index (χ0) is 29.2. The number of allylic oxidation sites excluding steroid dienone is 9. The minimum atomic E-state index is 0.288. The Morgan fingerprint density at radius 1 is 0.674 bits per heavy atom. The highest BCUT2D eigenvalue weighted by Crippen LogP contribution is 2.60. The van der Waals surface area contributed by atoms with Gasteiger partial charge in [0.05, 0.1) is 0 Å². The number of nitrogens with one attached hydrogen (secondary N) is 1. The molecule has 212 valence electrons. The van der Waals surface area contributed by atoms with Crippen LogP contribution < -0.4 is 15.1 Å². The second-order valence-electron chi connectivity index (χ2n) is 11.9. The van der Waals surface area contributed by atoms with Crippen LogP contribution in [0.25, 0.3) is 0 Å². The van der Waals surface area contributed by atoms with Crippen molar-refractivity contribution in [3.8, 4) is 0 Å². The first-order valence-corrected chi connectivity index (χ1v) is 15.2. The molecule has 1 saturated carbocycles. The first-order chi connectivity index (χ1) is 21.1. The Morgan fingerprint density at radius 2 is 1.35 bits per heavy atom. The summed E-state index contributed by atoms with van der Waals surface area (Å²) in [7, 11) is 0. The molecular formula is C40H37N3. The maximum absolute atomic E-state index is 3.61. The molecular weight excluding hydrogens is 522 g/mol. The molecule has 7 rings (SSSR count). The summed E-state index contributed by atoms with van der Waals surface area (Å²) in [6, 6.07) is 36.7. The normalized spacial score (nSPS) is 20.0. The number of aryl methyl sites for hydroxylation is 1. The molecule has 2 unspecified atom stereocenters. The van der Waals surface area contributed by atoms with Crippen LogP contribution >= 0.6 is 0 Å². The predicted octanol–water partition coefficient (Wildman–Crippen LogP) is 10.9. The molecule has 0 aliphatic heterocycles. The van der Waals surface area contributed by atoms with E-state index in [9.17, 15) is 0 Å². The van der Waals surface area contributed by atoms with Gasteiger partial charge in [-0.15, -0.1) is 0 Å². The molecule has 0 aromatic heterocycles. The molecule has 4 aromatic rings. The van der Waals surface area contributed by atoms with Crippen molar-refractivity contribution in [1.29, 1.82) is 0 Å². The number of benzene rings is 4. The maximum Gasteiger partial charge on any atom is 0.0464 e. The van der Waals surface area contributed by atoms with Gasteiger partial charge in [-0.2, -0.15) is 0 Å². The topological polar surface area (TPSA) is 18.5 Å². The van der Waals surface area contributed by atoms with Gasteiger partial charge in [0.2, 0.25) is 0 Å². The summed E-state index contributed by atoms with van der Waals surface area (Å²) in [4.78, 5) is 4.74. The zero-order valence-electron chi connectivity index (χ0n) is 24.8. The summed E-state index contributed by atoms with van der Waals surface area (Å²) in [5, 5.41) is 3.61. The Balaban J connectivity index is 1.13. The Labute approximate surface area is 255 Å². The van der Waals surface area contributed by atoms with Crippen molar-refractivity contribution in [3.05, 3.63) is 169 Å². The fraction of sp³-hybridized carbons (Fsp3) is 0.150. The van der Waals surface area contributed by atoms with E-state index in [0.717, 1.165) is 34.9 Å². The van der Waals surface area contributed by atoms with Crippen LogP contribution in [-0.2, 0) is 0 Å². The van der Waals surface area contributed by atoms with Gasteiger partial charge >= 0.3 is 0 Å². The molecule has 0 heterocycles. The molecule has 3 nitrogen and oxygen atoms in total. The molecule has 1 fully saturated rings.